The maximum absolute atomic E-state index is 12.2. The molecule has 112 valence electrons. The van der Waals surface area contributed by atoms with E-state index in [-0.39, 0.29) is 11.6 Å². The number of aromatic nitrogens is 1. The van der Waals surface area contributed by atoms with Crippen LogP contribution in [0.5, 0.6) is 5.75 Å². The third kappa shape index (κ3) is 3.41. The van der Waals surface area contributed by atoms with E-state index in [0.29, 0.717) is 17.9 Å². The van der Waals surface area contributed by atoms with Gasteiger partial charge in [0.25, 0.3) is 5.91 Å². The Morgan fingerprint density at radius 1 is 1.36 bits per heavy atom. The molecule has 0 aliphatic heterocycles. The molecule has 5 nitrogen and oxygen atoms in total. The van der Waals surface area contributed by atoms with Gasteiger partial charge < -0.3 is 10.1 Å². The van der Waals surface area contributed by atoms with Crippen molar-refractivity contribution in [2.24, 2.45) is 0 Å². The van der Waals surface area contributed by atoms with E-state index in [4.69, 9.17) is 10.00 Å². The third-order valence-corrected chi connectivity index (χ3v) is 3.34. The maximum atomic E-state index is 12.2. The lowest BCUT2D eigenvalue weighted by Crippen LogP contribution is -2.24. The normalized spacial score (nSPS) is 9.91. The van der Waals surface area contributed by atoms with Crippen molar-refractivity contribution in [3.05, 3.63) is 58.4 Å². The van der Waals surface area contributed by atoms with Gasteiger partial charge in [-0.2, -0.15) is 5.26 Å². The fraction of sp³-hybridized carbons (Fsp3) is 0.235. The molecule has 1 aromatic heterocycles. The van der Waals surface area contributed by atoms with Gasteiger partial charge in [0, 0.05) is 12.7 Å². The molecule has 0 bridgehead atoms. The molecular weight excluding hydrogens is 278 g/mol. The lowest BCUT2D eigenvalue weighted by molar-refractivity contribution is 0.0942. The Labute approximate surface area is 129 Å². The average Bonchev–Trinajstić information content (AvgIpc) is 2.53. The fourth-order valence-corrected chi connectivity index (χ4v) is 2.09. The molecule has 1 aromatic carbocycles. The Kier molecular flexibility index (Phi) is 4.74. The SMILES string of the molecule is COc1cc(C)cnc1C(=O)NCc1ccc(C#N)cc1C. The standard InChI is InChI=1S/C17H17N3O2/c1-11-6-15(22-3)16(19-9-11)17(21)20-10-14-5-4-13(8-18)7-12(14)2/h4-7,9H,10H2,1-3H3,(H,20,21). The molecule has 0 radical (unpaired) electrons. The van der Waals surface area contributed by atoms with Crippen molar-refractivity contribution < 1.29 is 9.53 Å². The molecule has 0 aliphatic rings. The lowest BCUT2D eigenvalue weighted by Gasteiger charge is -2.10. The van der Waals surface area contributed by atoms with Crippen molar-refractivity contribution in [3.63, 3.8) is 0 Å². The predicted octanol–water partition coefficient (Wildman–Crippen LogP) is 2.51. The lowest BCUT2D eigenvalue weighted by atomic mass is 10.1. The third-order valence-electron chi connectivity index (χ3n) is 3.34. The number of aryl methyl sites for hydroxylation is 2. The monoisotopic (exact) mass is 295 g/mol. The summed E-state index contributed by atoms with van der Waals surface area (Å²) in [7, 11) is 1.51. The molecule has 1 amide bonds. The van der Waals surface area contributed by atoms with Crippen molar-refractivity contribution in [1.29, 1.82) is 5.26 Å². The van der Waals surface area contributed by atoms with Crippen LogP contribution in [0.4, 0.5) is 0 Å². The van der Waals surface area contributed by atoms with Gasteiger partial charge in [0.05, 0.1) is 18.7 Å². The number of nitrogens with zero attached hydrogens (tertiary/aromatic N) is 2. The molecular formula is C17H17N3O2. The quantitative estimate of drug-likeness (QED) is 0.940. The number of carbonyl (C=O) groups excluding carboxylic acids is 1. The van der Waals surface area contributed by atoms with Crippen molar-refractivity contribution in [1.82, 2.24) is 10.3 Å². The van der Waals surface area contributed by atoms with Crippen LogP contribution >= 0.6 is 0 Å². The largest absolute Gasteiger partial charge is 0.494 e. The summed E-state index contributed by atoms with van der Waals surface area (Å²) in [5.41, 5.74) is 3.71. The minimum atomic E-state index is -0.291. The van der Waals surface area contributed by atoms with E-state index in [1.165, 1.54) is 7.11 Å². The molecule has 2 rings (SSSR count). The average molecular weight is 295 g/mol. The molecule has 1 N–H and O–H groups in total. The number of rotatable bonds is 4. The Bertz CT molecular complexity index is 748. The number of carbonyl (C=O) groups is 1. The minimum Gasteiger partial charge on any atom is -0.494 e. The van der Waals surface area contributed by atoms with Crippen LogP contribution in [-0.4, -0.2) is 18.0 Å². The summed E-state index contributed by atoms with van der Waals surface area (Å²) in [6.07, 6.45) is 1.63. The number of ether oxygens (including phenoxy) is 1. The highest BCUT2D eigenvalue weighted by Gasteiger charge is 2.14. The Hall–Kier alpha value is -2.87. The minimum absolute atomic E-state index is 0.263. The van der Waals surface area contributed by atoms with E-state index in [1.54, 1.807) is 24.4 Å². The fourth-order valence-electron chi connectivity index (χ4n) is 2.09. The van der Waals surface area contributed by atoms with Crippen LogP contribution < -0.4 is 10.1 Å². The zero-order chi connectivity index (χ0) is 16.1. The number of methoxy groups -OCH3 is 1. The molecule has 0 atom stereocenters. The molecule has 22 heavy (non-hydrogen) atoms. The summed E-state index contributed by atoms with van der Waals surface area (Å²) in [5, 5.41) is 11.7. The predicted molar refractivity (Wildman–Crippen MR) is 82.6 cm³/mol. The van der Waals surface area contributed by atoms with E-state index in [1.807, 2.05) is 19.9 Å². The molecule has 1 heterocycles. The van der Waals surface area contributed by atoms with Crippen LogP contribution in [-0.2, 0) is 6.54 Å². The van der Waals surface area contributed by atoms with E-state index in [9.17, 15) is 4.79 Å². The first kappa shape index (κ1) is 15.5. The first-order chi connectivity index (χ1) is 10.5. The van der Waals surface area contributed by atoms with E-state index in [2.05, 4.69) is 16.4 Å². The highest BCUT2D eigenvalue weighted by molar-refractivity contribution is 5.94. The van der Waals surface area contributed by atoms with E-state index in [0.717, 1.165) is 16.7 Å². The van der Waals surface area contributed by atoms with Gasteiger partial charge in [-0.3, -0.25) is 4.79 Å². The van der Waals surface area contributed by atoms with Gasteiger partial charge >= 0.3 is 0 Å². The van der Waals surface area contributed by atoms with Crippen LogP contribution in [0.1, 0.15) is 32.7 Å². The Morgan fingerprint density at radius 3 is 2.77 bits per heavy atom. The smallest absolute Gasteiger partial charge is 0.274 e. The number of hydrogen-bond acceptors (Lipinski definition) is 4. The first-order valence-corrected chi connectivity index (χ1v) is 6.83. The summed E-state index contributed by atoms with van der Waals surface area (Å²) < 4.78 is 5.19. The topological polar surface area (TPSA) is 75.0 Å². The number of nitriles is 1. The van der Waals surface area contributed by atoms with Gasteiger partial charge in [0.15, 0.2) is 5.69 Å². The second-order valence-corrected chi connectivity index (χ2v) is 5.00. The Balaban J connectivity index is 2.12. The molecule has 2 aromatic rings. The number of nitrogens with one attached hydrogen (secondary N) is 1. The highest BCUT2D eigenvalue weighted by atomic mass is 16.5. The highest BCUT2D eigenvalue weighted by Crippen LogP contribution is 2.17. The van der Waals surface area contributed by atoms with E-state index < -0.39 is 0 Å². The summed E-state index contributed by atoms with van der Waals surface area (Å²) in [5.74, 6) is 0.162. The Morgan fingerprint density at radius 2 is 2.14 bits per heavy atom. The zero-order valence-corrected chi connectivity index (χ0v) is 12.8. The molecule has 0 saturated carbocycles. The molecule has 0 aliphatic carbocycles. The number of pyridine rings is 1. The van der Waals surface area contributed by atoms with Gasteiger partial charge in [-0.15, -0.1) is 0 Å². The summed E-state index contributed by atoms with van der Waals surface area (Å²) in [6.45, 7) is 4.17. The summed E-state index contributed by atoms with van der Waals surface area (Å²) in [4.78, 5) is 16.4. The second kappa shape index (κ2) is 6.72. The van der Waals surface area contributed by atoms with Crippen LogP contribution in [0.25, 0.3) is 0 Å². The van der Waals surface area contributed by atoms with Gasteiger partial charge in [-0.1, -0.05) is 6.07 Å². The van der Waals surface area contributed by atoms with Crippen LogP contribution in [0.15, 0.2) is 30.5 Å². The number of hydrogen-bond donors (Lipinski definition) is 1. The van der Waals surface area contributed by atoms with Crippen LogP contribution in [0, 0.1) is 25.2 Å². The zero-order valence-electron chi connectivity index (χ0n) is 12.8. The molecule has 0 fully saturated rings. The van der Waals surface area contributed by atoms with Crippen molar-refractivity contribution >= 4 is 5.91 Å². The van der Waals surface area contributed by atoms with Crippen molar-refractivity contribution in [3.8, 4) is 11.8 Å². The second-order valence-electron chi connectivity index (χ2n) is 5.00. The summed E-state index contributed by atoms with van der Waals surface area (Å²) >= 11 is 0. The molecule has 0 unspecified atom stereocenters. The van der Waals surface area contributed by atoms with Gasteiger partial charge in [0.2, 0.25) is 0 Å². The summed E-state index contributed by atoms with van der Waals surface area (Å²) in [6, 6.07) is 9.24. The van der Waals surface area contributed by atoms with E-state index >= 15 is 0 Å². The number of benzene rings is 1. The van der Waals surface area contributed by atoms with Crippen molar-refractivity contribution in [2.45, 2.75) is 20.4 Å². The number of amides is 1. The van der Waals surface area contributed by atoms with Gasteiger partial charge in [-0.05, 0) is 48.7 Å². The molecule has 0 spiro atoms. The van der Waals surface area contributed by atoms with Gasteiger partial charge in [0.1, 0.15) is 5.75 Å². The molecule has 0 saturated heterocycles. The maximum Gasteiger partial charge on any atom is 0.274 e. The van der Waals surface area contributed by atoms with Gasteiger partial charge in [-0.25, -0.2) is 4.98 Å². The molecule has 5 heteroatoms. The van der Waals surface area contributed by atoms with Crippen LogP contribution in [0.3, 0.4) is 0 Å². The first-order valence-electron chi connectivity index (χ1n) is 6.83. The van der Waals surface area contributed by atoms with Crippen LogP contribution in [0.2, 0.25) is 0 Å². The van der Waals surface area contributed by atoms with Crippen molar-refractivity contribution in [2.75, 3.05) is 7.11 Å².